The fraction of sp³-hybridized carbons (Fsp3) is 0.0870. The highest BCUT2D eigenvalue weighted by molar-refractivity contribution is 7.90. The van der Waals surface area contributed by atoms with Gasteiger partial charge in [0.1, 0.15) is 5.75 Å². The molecular formula is C23H18ClN3O4S. The van der Waals surface area contributed by atoms with Crippen molar-refractivity contribution in [3.05, 3.63) is 83.0 Å². The van der Waals surface area contributed by atoms with Crippen molar-refractivity contribution < 1.29 is 17.9 Å². The number of aryl methyl sites for hydroxylation is 1. The molecule has 1 aromatic heterocycles. The van der Waals surface area contributed by atoms with Crippen LogP contribution in [0.3, 0.4) is 0 Å². The van der Waals surface area contributed by atoms with Crippen LogP contribution in [0.4, 0.5) is 5.69 Å². The third-order valence-electron chi connectivity index (χ3n) is 4.62. The summed E-state index contributed by atoms with van der Waals surface area (Å²) >= 11 is 6.02. The van der Waals surface area contributed by atoms with Gasteiger partial charge in [0.25, 0.3) is 11.8 Å². The summed E-state index contributed by atoms with van der Waals surface area (Å²) in [6.45, 7) is 1.83. The normalized spacial score (nSPS) is 11.3. The monoisotopic (exact) mass is 467 g/mol. The second-order valence-corrected chi connectivity index (χ2v) is 9.58. The van der Waals surface area contributed by atoms with Crippen molar-refractivity contribution in [2.24, 2.45) is 0 Å². The lowest BCUT2D eigenvalue weighted by Gasteiger charge is -2.13. The number of hydrogen-bond donors (Lipinski definition) is 1. The van der Waals surface area contributed by atoms with E-state index in [2.05, 4.69) is 15.3 Å². The zero-order valence-electron chi connectivity index (χ0n) is 17.2. The Hall–Kier alpha value is -3.49. The van der Waals surface area contributed by atoms with Gasteiger partial charge in [0.05, 0.1) is 15.9 Å². The molecule has 1 heterocycles. The topological polar surface area (TPSA) is 98.2 Å². The van der Waals surface area contributed by atoms with Gasteiger partial charge >= 0.3 is 0 Å². The summed E-state index contributed by atoms with van der Waals surface area (Å²) in [5.74, 6) is -0.0893. The molecule has 0 aliphatic carbocycles. The van der Waals surface area contributed by atoms with Crippen LogP contribution in [0, 0.1) is 6.92 Å². The van der Waals surface area contributed by atoms with Crippen LogP contribution in [0.5, 0.6) is 11.6 Å². The van der Waals surface area contributed by atoms with Gasteiger partial charge in [-0.05, 0) is 61.0 Å². The Morgan fingerprint density at radius 2 is 1.69 bits per heavy atom. The number of nitrogens with one attached hydrogen (secondary N) is 1. The van der Waals surface area contributed by atoms with Gasteiger partial charge in [-0.1, -0.05) is 29.8 Å². The van der Waals surface area contributed by atoms with E-state index >= 15 is 0 Å². The number of aromatic nitrogens is 2. The fourth-order valence-electron chi connectivity index (χ4n) is 3.03. The summed E-state index contributed by atoms with van der Waals surface area (Å²) < 4.78 is 29.6. The summed E-state index contributed by atoms with van der Waals surface area (Å²) in [5.41, 5.74) is 2.11. The van der Waals surface area contributed by atoms with Crippen LogP contribution in [0.1, 0.15) is 16.1 Å². The van der Waals surface area contributed by atoms with Crippen molar-refractivity contribution in [2.75, 3.05) is 11.6 Å². The number of hydrogen-bond acceptors (Lipinski definition) is 6. The van der Waals surface area contributed by atoms with Crippen LogP contribution in [0.2, 0.25) is 5.02 Å². The van der Waals surface area contributed by atoms with Gasteiger partial charge in [0.15, 0.2) is 15.5 Å². The molecule has 9 heteroatoms. The Morgan fingerprint density at radius 3 is 2.38 bits per heavy atom. The van der Waals surface area contributed by atoms with Crippen LogP contribution in [-0.2, 0) is 9.84 Å². The highest BCUT2D eigenvalue weighted by Gasteiger charge is 2.20. The van der Waals surface area contributed by atoms with Crippen molar-refractivity contribution in [3.8, 4) is 11.6 Å². The molecule has 1 N–H and O–H groups in total. The van der Waals surface area contributed by atoms with Crippen LogP contribution < -0.4 is 10.1 Å². The van der Waals surface area contributed by atoms with Crippen LogP contribution in [-0.4, -0.2) is 30.5 Å². The number of sulfone groups is 1. The molecule has 0 saturated carbocycles. The first-order valence-corrected chi connectivity index (χ1v) is 11.8. The van der Waals surface area contributed by atoms with Crippen molar-refractivity contribution in [3.63, 3.8) is 0 Å². The van der Waals surface area contributed by atoms with Gasteiger partial charge in [-0.15, -0.1) is 0 Å². The smallest absolute Gasteiger partial charge is 0.279 e. The zero-order valence-corrected chi connectivity index (χ0v) is 18.7. The Balaban J connectivity index is 1.75. The first kappa shape index (κ1) is 21.7. The average Bonchev–Trinajstić information content (AvgIpc) is 2.75. The number of ether oxygens (including phenoxy) is 1. The minimum atomic E-state index is -3.43. The second kappa shape index (κ2) is 8.57. The maximum absolute atomic E-state index is 13.1. The Morgan fingerprint density at radius 1 is 0.969 bits per heavy atom. The molecule has 1 amide bonds. The molecular weight excluding hydrogens is 450 g/mol. The van der Waals surface area contributed by atoms with E-state index in [1.54, 1.807) is 48.5 Å². The van der Waals surface area contributed by atoms with Crippen molar-refractivity contribution in [1.29, 1.82) is 0 Å². The van der Waals surface area contributed by atoms with Gasteiger partial charge < -0.3 is 10.1 Å². The Bertz CT molecular complexity index is 1460. The Labute approximate surface area is 190 Å². The number of nitrogens with zero attached hydrogens (tertiary/aromatic N) is 2. The van der Waals surface area contributed by atoms with E-state index in [1.807, 2.05) is 13.0 Å². The van der Waals surface area contributed by atoms with E-state index in [4.69, 9.17) is 16.3 Å². The maximum Gasteiger partial charge on any atom is 0.279 e. The molecule has 0 saturated heterocycles. The minimum absolute atomic E-state index is 0.0193. The van der Waals surface area contributed by atoms with Crippen LogP contribution in [0.15, 0.2) is 71.6 Å². The van der Waals surface area contributed by atoms with Crippen LogP contribution >= 0.6 is 11.6 Å². The van der Waals surface area contributed by atoms with Gasteiger partial charge in [-0.25, -0.2) is 18.4 Å². The molecule has 3 aromatic carbocycles. The molecule has 0 bridgehead atoms. The summed E-state index contributed by atoms with van der Waals surface area (Å²) in [7, 11) is -3.43. The fourth-order valence-corrected chi connectivity index (χ4v) is 3.92. The lowest BCUT2D eigenvalue weighted by atomic mass is 10.2. The zero-order chi connectivity index (χ0) is 22.9. The number of fused-ring (bicyclic) bond motifs is 1. The molecule has 32 heavy (non-hydrogen) atoms. The molecule has 7 nitrogen and oxygen atoms in total. The number of carbonyl (C=O) groups is 1. The number of benzene rings is 3. The summed E-state index contributed by atoms with van der Waals surface area (Å²) in [5, 5.41) is 3.24. The number of anilines is 1. The number of carbonyl (C=O) groups excluding carboxylic acids is 1. The summed E-state index contributed by atoms with van der Waals surface area (Å²) in [6.07, 6.45) is 1.10. The highest BCUT2D eigenvalue weighted by atomic mass is 35.5. The van der Waals surface area contributed by atoms with Gasteiger partial charge in [0, 0.05) is 17.0 Å². The van der Waals surface area contributed by atoms with Gasteiger partial charge in [-0.2, -0.15) is 0 Å². The predicted octanol–water partition coefficient (Wildman–Crippen LogP) is 5.04. The molecule has 4 rings (SSSR count). The highest BCUT2D eigenvalue weighted by Crippen LogP contribution is 2.29. The largest absolute Gasteiger partial charge is 0.437 e. The van der Waals surface area contributed by atoms with Gasteiger partial charge in [0.2, 0.25) is 0 Å². The summed E-state index contributed by atoms with van der Waals surface area (Å²) in [4.78, 5) is 22.1. The van der Waals surface area contributed by atoms with E-state index in [9.17, 15) is 13.2 Å². The second-order valence-electron chi connectivity index (χ2n) is 7.13. The number of rotatable bonds is 5. The lowest BCUT2D eigenvalue weighted by Crippen LogP contribution is -2.16. The van der Waals surface area contributed by atoms with E-state index in [1.165, 1.54) is 12.1 Å². The van der Waals surface area contributed by atoms with Gasteiger partial charge in [-0.3, -0.25) is 4.79 Å². The first-order valence-electron chi connectivity index (χ1n) is 9.53. The van der Waals surface area contributed by atoms with E-state index in [0.29, 0.717) is 27.5 Å². The van der Waals surface area contributed by atoms with Crippen molar-refractivity contribution >= 4 is 44.1 Å². The number of halogens is 1. The molecule has 0 atom stereocenters. The molecule has 4 aromatic rings. The first-order chi connectivity index (χ1) is 15.2. The maximum atomic E-state index is 13.1. The lowest BCUT2D eigenvalue weighted by molar-refractivity contribution is 0.101. The summed E-state index contributed by atoms with van der Waals surface area (Å²) in [6, 6.07) is 18.2. The third-order valence-corrected chi connectivity index (χ3v) is 5.96. The van der Waals surface area contributed by atoms with E-state index in [-0.39, 0.29) is 16.5 Å². The SMILES string of the molecule is Cc1cc(Cl)ccc1Oc1nc2ccccc2nc1C(=O)Nc1cccc(S(C)(=O)=O)c1. The standard InChI is InChI=1S/C23H18ClN3O4S/c1-14-12-15(24)10-11-20(14)31-23-21(26-18-8-3-4-9-19(18)27-23)22(28)25-16-6-5-7-17(13-16)32(2,29)30/h3-13H,1-2H3,(H,25,28). The quantitative estimate of drug-likeness (QED) is 0.441. The van der Waals surface area contributed by atoms with Crippen molar-refractivity contribution in [2.45, 2.75) is 11.8 Å². The predicted molar refractivity (Wildman–Crippen MR) is 123 cm³/mol. The van der Waals surface area contributed by atoms with Crippen LogP contribution in [0.25, 0.3) is 11.0 Å². The van der Waals surface area contributed by atoms with E-state index < -0.39 is 15.7 Å². The molecule has 0 unspecified atom stereocenters. The molecule has 162 valence electrons. The minimum Gasteiger partial charge on any atom is -0.437 e. The molecule has 0 aliphatic rings. The number of amides is 1. The molecule has 0 radical (unpaired) electrons. The Kier molecular flexibility index (Phi) is 5.82. The van der Waals surface area contributed by atoms with E-state index in [0.717, 1.165) is 11.8 Å². The molecule has 0 spiro atoms. The molecule has 0 aliphatic heterocycles. The molecule has 0 fully saturated rings. The third kappa shape index (κ3) is 4.71. The average molecular weight is 468 g/mol. The number of para-hydroxylation sites is 2. The van der Waals surface area contributed by atoms with Crippen molar-refractivity contribution in [1.82, 2.24) is 9.97 Å².